The van der Waals surface area contributed by atoms with E-state index in [4.69, 9.17) is 18.5 Å². The summed E-state index contributed by atoms with van der Waals surface area (Å²) in [6.07, 6.45) is 1.25. The van der Waals surface area contributed by atoms with E-state index in [1.165, 1.54) is 13.8 Å². The lowest BCUT2D eigenvalue weighted by Crippen LogP contribution is -2.47. The molecular formula is C25H34N3O10P. The molecule has 39 heavy (non-hydrogen) atoms. The molecule has 1 saturated heterocycles. The SMILES string of the molecule is CC(NP(=O)(OC[C@H]1O[C@@H](n2ccc(=O)[nH]c2=O)[C@](C)(O)[C@@H]1O)Oc1ccccc1)C(=O)OC1CCCCC1. The zero-order valence-electron chi connectivity index (χ0n) is 21.7. The smallest absolute Gasteiger partial charge is 0.459 e. The molecule has 4 rings (SSSR count). The van der Waals surface area contributed by atoms with E-state index in [0.29, 0.717) is 0 Å². The highest BCUT2D eigenvalue weighted by molar-refractivity contribution is 7.52. The number of nitrogens with zero attached hydrogens (tertiary/aromatic N) is 1. The Kier molecular flexibility index (Phi) is 9.10. The maximum atomic E-state index is 13.8. The summed E-state index contributed by atoms with van der Waals surface area (Å²) in [5, 5.41) is 24.3. The van der Waals surface area contributed by atoms with Crippen LogP contribution in [-0.4, -0.2) is 62.3 Å². The van der Waals surface area contributed by atoms with Crippen LogP contribution in [0.1, 0.15) is 52.2 Å². The lowest BCUT2D eigenvalue weighted by molar-refractivity contribution is -0.152. The van der Waals surface area contributed by atoms with Crippen molar-refractivity contribution in [2.75, 3.05) is 6.61 Å². The van der Waals surface area contributed by atoms with Crippen LogP contribution in [0.3, 0.4) is 0 Å². The van der Waals surface area contributed by atoms with E-state index in [-0.39, 0.29) is 11.9 Å². The fourth-order valence-electron chi connectivity index (χ4n) is 4.61. The molecular weight excluding hydrogens is 533 g/mol. The van der Waals surface area contributed by atoms with Crippen LogP contribution >= 0.6 is 7.75 Å². The first-order valence-corrected chi connectivity index (χ1v) is 14.4. The number of H-pyrrole nitrogens is 1. The van der Waals surface area contributed by atoms with Crippen LogP contribution in [-0.2, 0) is 23.4 Å². The molecule has 2 aromatic rings. The first-order valence-electron chi connectivity index (χ1n) is 12.8. The molecule has 6 atom stereocenters. The highest BCUT2D eigenvalue weighted by atomic mass is 31.2. The van der Waals surface area contributed by atoms with Gasteiger partial charge in [0.15, 0.2) is 6.23 Å². The number of aliphatic hydroxyl groups is 2. The molecule has 0 radical (unpaired) electrons. The van der Waals surface area contributed by atoms with Crippen LogP contribution in [0, 0.1) is 0 Å². The van der Waals surface area contributed by atoms with Gasteiger partial charge in [-0.1, -0.05) is 24.6 Å². The second-order valence-electron chi connectivity index (χ2n) is 9.96. The van der Waals surface area contributed by atoms with Crippen molar-refractivity contribution < 1.29 is 38.1 Å². The number of nitrogens with one attached hydrogen (secondary N) is 2. The standard InChI is InChI=1S/C25H34N3O10P/c1-16(22(31)36-17-9-5-3-6-10-17)27-39(34,38-18-11-7-4-8-12-18)35-15-19-21(30)25(2,33)23(37-19)28-14-13-20(29)26-24(28)32/h4,7-8,11-14,16-17,19,21,23,30,33H,3,5-6,9-10,15H2,1-2H3,(H,27,34)(H,26,29,32)/t16?,19-,21-,23-,25-,39?/m1/s1. The molecule has 2 heterocycles. The van der Waals surface area contributed by atoms with Gasteiger partial charge in [-0.2, -0.15) is 5.09 Å². The lowest BCUT2D eigenvalue weighted by atomic mass is 9.96. The largest absolute Gasteiger partial charge is 0.461 e. The maximum absolute atomic E-state index is 13.8. The number of ether oxygens (including phenoxy) is 2. The Morgan fingerprint density at radius 3 is 2.59 bits per heavy atom. The fraction of sp³-hybridized carbons (Fsp3) is 0.560. The number of benzene rings is 1. The molecule has 0 amide bonds. The maximum Gasteiger partial charge on any atom is 0.459 e. The van der Waals surface area contributed by atoms with Gasteiger partial charge < -0.3 is 24.2 Å². The zero-order chi connectivity index (χ0) is 28.2. The van der Waals surface area contributed by atoms with Crippen molar-refractivity contribution in [2.24, 2.45) is 0 Å². The average molecular weight is 568 g/mol. The highest BCUT2D eigenvalue weighted by Crippen LogP contribution is 2.47. The van der Waals surface area contributed by atoms with Crippen molar-refractivity contribution in [3.63, 3.8) is 0 Å². The first-order chi connectivity index (χ1) is 18.5. The second-order valence-corrected chi connectivity index (χ2v) is 11.7. The van der Waals surface area contributed by atoms with Crippen LogP contribution in [0.5, 0.6) is 5.75 Å². The number of carbonyl (C=O) groups excluding carboxylic acids is 1. The third-order valence-electron chi connectivity index (χ3n) is 6.78. The number of para-hydroxylation sites is 1. The number of aromatic amines is 1. The van der Waals surface area contributed by atoms with Crippen LogP contribution in [0.15, 0.2) is 52.2 Å². The third-order valence-corrected chi connectivity index (χ3v) is 8.42. The van der Waals surface area contributed by atoms with Gasteiger partial charge >= 0.3 is 19.4 Å². The minimum absolute atomic E-state index is 0.193. The predicted molar refractivity (Wildman–Crippen MR) is 138 cm³/mol. The molecule has 13 nitrogen and oxygen atoms in total. The molecule has 0 bridgehead atoms. The Balaban J connectivity index is 1.48. The van der Waals surface area contributed by atoms with Gasteiger partial charge in [0, 0.05) is 12.3 Å². The zero-order valence-corrected chi connectivity index (χ0v) is 22.6. The van der Waals surface area contributed by atoms with Crippen LogP contribution < -0.4 is 20.9 Å². The Morgan fingerprint density at radius 1 is 1.23 bits per heavy atom. The van der Waals surface area contributed by atoms with Crippen molar-refractivity contribution in [2.45, 2.75) is 82.1 Å². The van der Waals surface area contributed by atoms with E-state index < -0.39 is 61.7 Å². The molecule has 2 fully saturated rings. The van der Waals surface area contributed by atoms with Gasteiger partial charge in [-0.25, -0.2) is 9.36 Å². The molecule has 1 aromatic carbocycles. The Bertz CT molecular complexity index is 1290. The summed E-state index contributed by atoms with van der Waals surface area (Å²) in [4.78, 5) is 38.5. The summed E-state index contributed by atoms with van der Waals surface area (Å²) in [5.74, 6) is -0.418. The number of carbonyl (C=O) groups is 1. The summed E-state index contributed by atoms with van der Waals surface area (Å²) in [6.45, 7) is 2.18. The molecule has 4 N–H and O–H groups in total. The first kappa shape index (κ1) is 29.2. The van der Waals surface area contributed by atoms with Gasteiger partial charge in [0.05, 0.1) is 6.61 Å². The molecule has 1 saturated carbocycles. The molecule has 2 aliphatic rings. The minimum Gasteiger partial charge on any atom is -0.461 e. The molecule has 1 aliphatic heterocycles. The van der Waals surface area contributed by atoms with Gasteiger partial charge in [-0.15, -0.1) is 0 Å². The molecule has 214 valence electrons. The van der Waals surface area contributed by atoms with Crippen molar-refractivity contribution in [3.8, 4) is 5.75 Å². The molecule has 14 heteroatoms. The highest BCUT2D eigenvalue weighted by Gasteiger charge is 2.54. The molecule has 0 spiro atoms. The number of rotatable bonds is 10. The van der Waals surface area contributed by atoms with Crippen molar-refractivity contribution in [1.82, 2.24) is 14.6 Å². The summed E-state index contributed by atoms with van der Waals surface area (Å²) in [6, 6.07) is 8.16. The number of esters is 1. The summed E-state index contributed by atoms with van der Waals surface area (Å²) >= 11 is 0. The number of aliphatic hydroxyl groups excluding tert-OH is 1. The fourth-order valence-corrected chi connectivity index (χ4v) is 6.11. The van der Waals surface area contributed by atoms with E-state index in [1.807, 2.05) is 0 Å². The van der Waals surface area contributed by atoms with Gasteiger partial charge in [0.25, 0.3) is 5.56 Å². The number of aromatic nitrogens is 2. The Hall–Kier alpha value is -2.80. The van der Waals surface area contributed by atoms with Gasteiger partial charge in [-0.05, 0) is 51.7 Å². The van der Waals surface area contributed by atoms with E-state index in [1.54, 1.807) is 30.3 Å². The summed E-state index contributed by atoms with van der Waals surface area (Å²) in [7, 11) is -4.27. The van der Waals surface area contributed by atoms with Gasteiger partial charge in [0.2, 0.25) is 0 Å². The van der Waals surface area contributed by atoms with Crippen LogP contribution in [0.2, 0.25) is 0 Å². The average Bonchev–Trinajstić information content (AvgIpc) is 3.12. The number of hydrogen-bond donors (Lipinski definition) is 4. The van der Waals surface area contributed by atoms with Crippen LogP contribution in [0.25, 0.3) is 0 Å². The molecule has 1 aromatic heterocycles. The Labute approximate surface area is 224 Å². The van der Waals surface area contributed by atoms with Crippen molar-refractivity contribution in [1.29, 1.82) is 0 Å². The minimum atomic E-state index is -4.27. The summed E-state index contributed by atoms with van der Waals surface area (Å²) in [5.41, 5.74) is -3.48. The quantitative estimate of drug-likeness (QED) is 0.242. The number of hydrogen-bond acceptors (Lipinski definition) is 10. The van der Waals surface area contributed by atoms with Gasteiger partial charge in [-0.3, -0.25) is 23.7 Å². The molecule has 2 unspecified atom stereocenters. The summed E-state index contributed by atoms with van der Waals surface area (Å²) < 4.78 is 37.2. The normalized spacial score (nSPS) is 27.9. The van der Waals surface area contributed by atoms with E-state index >= 15 is 0 Å². The second kappa shape index (κ2) is 12.2. The van der Waals surface area contributed by atoms with Gasteiger partial charge in [0.1, 0.15) is 35.7 Å². The predicted octanol–water partition coefficient (Wildman–Crippen LogP) is 1.60. The topological polar surface area (TPSA) is 178 Å². The van der Waals surface area contributed by atoms with Crippen molar-refractivity contribution >= 4 is 13.7 Å². The van der Waals surface area contributed by atoms with Crippen LogP contribution in [0.4, 0.5) is 0 Å². The Morgan fingerprint density at radius 2 is 1.92 bits per heavy atom. The van der Waals surface area contributed by atoms with E-state index in [2.05, 4.69) is 10.1 Å². The van der Waals surface area contributed by atoms with E-state index in [9.17, 15) is 29.2 Å². The monoisotopic (exact) mass is 567 g/mol. The molecule has 1 aliphatic carbocycles. The van der Waals surface area contributed by atoms with E-state index in [0.717, 1.165) is 48.9 Å². The van der Waals surface area contributed by atoms with Crippen molar-refractivity contribution in [3.05, 3.63) is 63.4 Å². The third kappa shape index (κ3) is 7.05. The lowest BCUT2D eigenvalue weighted by Gasteiger charge is -2.27.